The van der Waals surface area contributed by atoms with Crippen LogP contribution >= 0.6 is 11.8 Å². The molecule has 1 unspecified atom stereocenters. The third-order valence-electron chi connectivity index (χ3n) is 3.24. The molecule has 1 aromatic heterocycles. The quantitative estimate of drug-likeness (QED) is 0.891. The van der Waals surface area contributed by atoms with Gasteiger partial charge in [-0.05, 0) is 13.8 Å². The van der Waals surface area contributed by atoms with Gasteiger partial charge in [0.1, 0.15) is 5.69 Å². The molecule has 0 amide bonds. The lowest BCUT2D eigenvalue weighted by Crippen LogP contribution is -2.31. The van der Waals surface area contributed by atoms with Gasteiger partial charge >= 0.3 is 6.18 Å². The highest BCUT2D eigenvalue weighted by atomic mass is 32.2. The van der Waals surface area contributed by atoms with Gasteiger partial charge in [-0.3, -0.25) is 19.4 Å². The van der Waals surface area contributed by atoms with Gasteiger partial charge in [-0.2, -0.15) is 13.2 Å². The van der Waals surface area contributed by atoms with Crippen molar-refractivity contribution in [2.75, 3.05) is 6.54 Å². The molecule has 0 radical (unpaired) electrons. The van der Waals surface area contributed by atoms with Gasteiger partial charge < -0.3 is 0 Å². The minimum atomic E-state index is -4.56. The zero-order valence-corrected chi connectivity index (χ0v) is 12.1. The summed E-state index contributed by atoms with van der Waals surface area (Å²) < 4.78 is 39.4. The molecule has 1 fully saturated rings. The topological polar surface area (TPSA) is 59.1 Å². The minimum Gasteiger partial charge on any atom is -0.295 e. The van der Waals surface area contributed by atoms with Crippen molar-refractivity contribution in [3.8, 4) is 0 Å². The molecule has 1 aromatic rings. The van der Waals surface area contributed by atoms with Gasteiger partial charge in [0.15, 0.2) is 0 Å². The van der Waals surface area contributed by atoms with Gasteiger partial charge in [0.25, 0.3) is 5.56 Å². The zero-order chi connectivity index (χ0) is 15.1. The number of thioether (sulfide) groups is 1. The molecule has 1 aliphatic rings. The van der Waals surface area contributed by atoms with Gasteiger partial charge in [0.05, 0.1) is 16.4 Å². The summed E-state index contributed by atoms with van der Waals surface area (Å²) in [6, 6.07) is 0. The number of aromatic nitrogens is 2. The van der Waals surface area contributed by atoms with Gasteiger partial charge in [-0.1, -0.05) is 0 Å². The van der Waals surface area contributed by atoms with Gasteiger partial charge in [0, 0.05) is 19.3 Å². The van der Waals surface area contributed by atoms with E-state index >= 15 is 0 Å². The normalized spacial score (nSPS) is 22.4. The third kappa shape index (κ3) is 2.89. The van der Waals surface area contributed by atoms with Crippen molar-refractivity contribution in [1.82, 2.24) is 15.3 Å². The van der Waals surface area contributed by atoms with Crippen molar-refractivity contribution in [3.63, 3.8) is 0 Å². The first kappa shape index (κ1) is 15.5. The molecule has 1 aliphatic heterocycles. The average molecular weight is 311 g/mol. The highest BCUT2D eigenvalue weighted by molar-refractivity contribution is 7.99. The molecule has 9 heteroatoms. The second-order valence-corrected chi connectivity index (χ2v) is 6.37. The maximum Gasteiger partial charge on any atom is 0.433 e. The van der Waals surface area contributed by atoms with E-state index in [0.29, 0.717) is 6.54 Å². The summed E-state index contributed by atoms with van der Waals surface area (Å²) in [6.45, 7) is 4.23. The third-order valence-corrected chi connectivity index (χ3v) is 4.83. The number of nitrogens with one attached hydrogen (secondary N) is 2. The second kappa shape index (κ2) is 5.12. The molecule has 5 nitrogen and oxygen atoms in total. The Balaban J connectivity index is 2.20. The van der Waals surface area contributed by atoms with Gasteiger partial charge in [-0.25, -0.2) is 5.48 Å². The Kier molecular flexibility index (Phi) is 3.96. The molecule has 2 N–H and O–H groups in total. The number of aromatic amines is 1. The molecule has 114 valence electrons. The molecule has 0 bridgehead atoms. The van der Waals surface area contributed by atoms with Crippen molar-refractivity contribution in [2.24, 2.45) is 7.05 Å². The van der Waals surface area contributed by atoms with E-state index in [1.54, 1.807) is 0 Å². The Morgan fingerprint density at radius 1 is 1.50 bits per heavy atom. The molecule has 1 atom stereocenters. The predicted molar refractivity (Wildman–Crippen MR) is 69.3 cm³/mol. The van der Waals surface area contributed by atoms with E-state index in [-0.39, 0.29) is 16.6 Å². The number of H-pyrrole nitrogens is 1. The number of hydrogen-bond acceptors (Lipinski definition) is 4. The SMILES string of the molecule is Cn1[nH]c(C(F)(F)F)c(CSC2CNOC2(C)C)c1=O. The molecule has 1 saturated heterocycles. The molecule has 0 spiro atoms. The summed E-state index contributed by atoms with van der Waals surface area (Å²) in [6.07, 6.45) is -4.56. The highest BCUT2D eigenvalue weighted by Gasteiger charge is 2.40. The number of rotatable bonds is 3. The lowest BCUT2D eigenvalue weighted by molar-refractivity contribution is -0.141. The van der Waals surface area contributed by atoms with E-state index in [9.17, 15) is 18.0 Å². The number of nitrogens with zero attached hydrogens (tertiary/aromatic N) is 1. The van der Waals surface area contributed by atoms with Crippen LogP contribution in [-0.2, 0) is 23.8 Å². The minimum absolute atomic E-state index is 0.00977. The van der Waals surface area contributed by atoms with Crippen molar-refractivity contribution in [3.05, 3.63) is 21.6 Å². The fourth-order valence-corrected chi connectivity index (χ4v) is 3.29. The Hall–Kier alpha value is -0.930. The van der Waals surface area contributed by atoms with E-state index in [4.69, 9.17) is 4.84 Å². The van der Waals surface area contributed by atoms with E-state index in [1.165, 1.54) is 18.8 Å². The molecule has 0 aromatic carbocycles. The molecule has 0 aliphatic carbocycles. The summed E-state index contributed by atoms with van der Waals surface area (Å²) in [4.78, 5) is 17.1. The maximum atomic E-state index is 12.9. The highest BCUT2D eigenvalue weighted by Crippen LogP contribution is 2.35. The van der Waals surface area contributed by atoms with Crippen LogP contribution in [0.1, 0.15) is 25.1 Å². The molecular weight excluding hydrogens is 295 g/mol. The first-order chi connectivity index (χ1) is 9.13. The summed E-state index contributed by atoms with van der Waals surface area (Å²) >= 11 is 1.28. The average Bonchev–Trinajstić information content (AvgIpc) is 2.78. The fourth-order valence-electron chi connectivity index (χ4n) is 2.02. The van der Waals surface area contributed by atoms with Crippen LogP contribution in [0.5, 0.6) is 0 Å². The summed E-state index contributed by atoms with van der Waals surface area (Å²) in [5.74, 6) is -0.00977. The van der Waals surface area contributed by atoms with Crippen molar-refractivity contribution in [1.29, 1.82) is 0 Å². The summed E-state index contributed by atoms with van der Waals surface area (Å²) in [5.41, 5.74) is 0.391. The monoisotopic (exact) mass is 311 g/mol. The molecule has 2 heterocycles. The summed E-state index contributed by atoms with van der Waals surface area (Å²) in [5, 5.41) is 2.04. The lowest BCUT2D eigenvalue weighted by atomic mass is 10.1. The first-order valence-electron chi connectivity index (χ1n) is 6.00. The number of hydroxylamine groups is 1. The van der Waals surface area contributed by atoms with Gasteiger partial charge in [-0.15, -0.1) is 11.8 Å². The maximum absolute atomic E-state index is 12.9. The largest absolute Gasteiger partial charge is 0.433 e. The van der Waals surface area contributed by atoms with Crippen LogP contribution in [0.25, 0.3) is 0 Å². The van der Waals surface area contributed by atoms with Crippen LogP contribution < -0.4 is 11.0 Å². The van der Waals surface area contributed by atoms with Crippen molar-refractivity contribution >= 4 is 11.8 Å². The molecular formula is C11H16F3N3O2S. The van der Waals surface area contributed by atoms with Crippen LogP contribution in [0.4, 0.5) is 13.2 Å². The first-order valence-corrected chi connectivity index (χ1v) is 7.05. The van der Waals surface area contributed by atoms with Crippen LogP contribution in [0.15, 0.2) is 4.79 Å². The van der Waals surface area contributed by atoms with Crippen molar-refractivity contribution in [2.45, 2.75) is 36.6 Å². The van der Waals surface area contributed by atoms with Crippen LogP contribution in [0.3, 0.4) is 0 Å². The van der Waals surface area contributed by atoms with Crippen molar-refractivity contribution < 1.29 is 18.0 Å². The zero-order valence-electron chi connectivity index (χ0n) is 11.3. The molecule has 2 rings (SSSR count). The predicted octanol–water partition coefficient (Wildman–Crippen LogP) is 1.65. The number of halogens is 3. The Labute approximate surface area is 117 Å². The number of alkyl halides is 3. The van der Waals surface area contributed by atoms with E-state index in [2.05, 4.69) is 10.6 Å². The fraction of sp³-hybridized carbons (Fsp3) is 0.727. The standard InChI is InChI=1S/C11H16F3N3O2S/c1-10(2)7(4-15-19-10)20-5-6-8(11(12,13)14)16-17(3)9(6)18/h7,15-16H,4-5H2,1-3H3. The van der Waals surface area contributed by atoms with E-state index < -0.39 is 23.0 Å². The van der Waals surface area contributed by atoms with Gasteiger partial charge in [0.2, 0.25) is 0 Å². The van der Waals surface area contributed by atoms with Crippen LogP contribution in [-0.4, -0.2) is 27.2 Å². The Morgan fingerprint density at radius 3 is 2.65 bits per heavy atom. The van der Waals surface area contributed by atoms with E-state index in [1.807, 2.05) is 13.8 Å². The van der Waals surface area contributed by atoms with Crippen LogP contribution in [0, 0.1) is 0 Å². The second-order valence-electron chi connectivity index (χ2n) is 5.18. The molecule has 20 heavy (non-hydrogen) atoms. The number of aryl methyl sites for hydroxylation is 1. The Morgan fingerprint density at radius 2 is 2.15 bits per heavy atom. The van der Waals surface area contributed by atoms with Crippen LogP contribution in [0.2, 0.25) is 0 Å². The van der Waals surface area contributed by atoms with E-state index in [0.717, 1.165) is 4.68 Å². The lowest BCUT2D eigenvalue weighted by Gasteiger charge is -2.23. The molecule has 0 saturated carbocycles. The Bertz CT molecular complexity index is 550. The smallest absolute Gasteiger partial charge is 0.295 e. The number of hydrogen-bond donors (Lipinski definition) is 2. The summed E-state index contributed by atoms with van der Waals surface area (Å²) in [7, 11) is 1.27.